The molecule has 7 heteroatoms. The molecule has 1 saturated heterocycles. The second-order valence-corrected chi connectivity index (χ2v) is 8.18. The van der Waals surface area contributed by atoms with E-state index in [4.69, 9.17) is 0 Å². The summed E-state index contributed by atoms with van der Waals surface area (Å²) in [6.07, 6.45) is 6.06. The average Bonchev–Trinajstić information content (AvgIpc) is 2.76. The molecule has 4 rings (SSSR count). The third-order valence-corrected chi connectivity index (χ3v) is 6.12. The van der Waals surface area contributed by atoms with Gasteiger partial charge in [-0.2, -0.15) is 0 Å². The first-order valence-corrected chi connectivity index (χ1v) is 10.6. The van der Waals surface area contributed by atoms with Crippen LogP contribution >= 0.6 is 0 Å². The number of fused-ring (bicyclic) bond motifs is 1. The van der Waals surface area contributed by atoms with Crippen molar-refractivity contribution in [2.24, 2.45) is 0 Å². The number of nitrogens with one attached hydrogen (secondary N) is 1. The Kier molecular flexibility index (Phi) is 5.72. The maximum absolute atomic E-state index is 12.4. The first-order chi connectivity index (χ1) is 14.5. The first-order valence-electron chi connectivity index (χ1n) is 10.6. The summed E-state index contributed by atoms with van der Waals surface area (Å²) in [6.45, 7) is 6.72. The third kappa shape index (κ3) is 4.03. The molecular formula is C23H30N6O. The lowest BCUT2D eigenvalue weighted by Gasteiger charge is -2.36. The van der Waals surface area contributed by atoms with Crippen molar-refractivity contribution in [2.45, 2.75) is 39.3 Å². The molecule has 1 aliphatic heterocycles. The Bertz CT molecular complexity index is 1080. The minimum atomic E-state index is 0.0431. The number of piperidine rings is 1. The third-order valence-electron chi connectivity index (χ3n) is 6.12. The SMILES string of the molecule is CCn1c(=O)c(C)cc2cnc(Nc3ccc(N(C)C4CCN(C)CC4)cn3)cc21. The number of nitrogens with zero attached hydrogens (tertiary/aromatic N) is 5. The van der Waals surface area contributed by atoms with Gasteiger partial charge in [0.2, 0.25) is 0 Å². The van der Waals surface area contributed by atoms with Gasteiger partial charge in [-0.3, -0.25) is 4.79 Å². The van der Waals surface area contributed by atoms with Gasteiger partial charge in [-0.15, -0.1) is 0 Å². The quantitative estimate of drug-likeness (QED) is 0.701. The van der Waals surface area contributed by atoms with E-state index in [-0.39, 0.29) is 5.56 Å². The molecule has 30 heavy (non-hydrogen) atoms. The number of hydrogen-bond donors (Lipinski definition) is 1. The smallest absolute Gasteiger partial charge is 0.253 e. The Morgan fingerprint density at radius 2 is 1.87 bits per heavy atom. The van der Waals surface area contributed by atoms with E-state index in [0.717, 1.165) is 41.1 Å². The molecule has 0 bridgehead atoms. The van der Waals surface area contributed by atoms with Gasteiger partial charge in [0.25, 0.3) is 5.56 Å². The van der Waals surface area contributed by atoms with E-state index in [2.05, 4.69) is 45.2 Å². The zero-order valence-corrected chi connectivity index (χ0v) is 18.2. The number of anilines is 3. The van der Waals surface area contributed by atoms with Gasteiger partial charge in [-0.1, -0.05) is 0 Å². The summed E-state index contributed by atoms with van der Waals surface area (Å²) in [4.78, 5) is 26.2. The van der Waals surface area contributed by atoms with Crippen molar-refractivity contribution in [3.05, 3.63) is 52.6 Å². The molecule has 1 N–H and O–H groups in total. The largest absolute Gasteiger partial charge is 0.370 e. The van der Waals surface area contributed by atoms with Gasteiger partial charge >= 0.3 is 0 Å². The van der Waals surface area contributed by atoms with Crippen molar-refractivity contribution in [1.82, 2.24) is 19.4 Å². The number of likely N-dealkylation sites (tertiary alicyclic amines) is 1. The Morgan fingerprint density at radius 3 is 2.53 bits per heavy atom. The predicted molar refractivity (Wildman–Crippen MR) is 123 cm³/mol. The Labute approximate surface area is 177 Å². The molecular weight excluding hydrogens is 376 g/mol. The molecule has 0 spiro atoms. The summed E-state index contributed by atoms with van der Waals surface area (Å²) >= 11 is 0. The molecule has 7 nitrogen and oxygen atoms in total. The monoisotopic (exact) mass is 406 g/mol. The van der Waals surface area contributed by atoms with E-state index in [9.17, 15) is 4.79 Å². The van der Waals surface area contributed by atoms with Crippen LogP contribution in [0.3, 0.4) is 0 Å². The van der Waals surface area contributed by atoms with E-state index in [1.807, 2.05) is 38.2 Å². The lowest BCUT2D eigenvalue weighted by atomic mass is 10.0. The maximum atomic E-state index is 12.4. The highest BCUT2D eigenvalue weighted by Gasteiger charge is 2.21. The van der Waals surface area contributed by atoms with Crippen LogP contribution in [0.2, 0.25) is 0 Å². The van der Waals surface area contributed by atoms with E-state index in [0.29, 0.717) is 18.4 Å². The van der Waals surface area contributed by atoms with Crippen molar-refractivity contribution in [2.75, 3.05) is 37.4 Å². The van der Waals surface area contributed by atoms with Crippen LogP contribution in [0.25, 0.3) is 10.9 Å². The van der Waals surface area contributed by atoms with Crippen LogP contribution in [-0.4, -0.2) is 52.7 Å². The lowest BCUT2D eigenvalue weighted by Crippen LogP contribution is -2.42. The van der Waals surface area contributed by atoms with E-state index >= 15 is 0 Å². The van der Waals surface area contributed by atoms with Gasteiger partial charge in [0, 0.05) is 42.8 Å². The number of pyridine rings is 3. The van der Waals surface area contributed by atoms with Crippen molar-refractivity contribution >= 4 is 28.2 Å². The first kappa shape index (κ1) is 20.3. The number of aromatic nitrogens is 3. The van der Waals surface area contributed by atoms with E-state index in [1.165, 1.54) is 12.8 Å². The van der Waals surface area contributed by atoms with Gasteiger partial charge < -0.3 is 19.7 Å². The summed E-state index contributed by atoms with van der Waals surface area (Å²) in [7, 11) is 4.33. The minimum absolute atomic E-state index is 0.0431. The van der Waals surface area contributed by atoms with Gasteiger partial charge in [0.15, 0.2) is 0 Å². The molecule has 158 valence electrons. The summed E-state index contributed by atoms with van der Waals surface area (Å²) in [5.41, 5.74) is 2.78. The number of rotatable bonds is 5. The molecule has 3 aromatic heterocycles. The standard InChI is InChI=1S/C23H30N6O/c1-5-29-20-13-22(24-14-17(20)12-16(2)23(29)30)26-21-7-6-19(15-25-21)28(4)18-8-10-27(3)11-9-18/h6-7,12-15,18H,5,8-11H2,1-4H3,(H,24,25,26). The molecule has 0 atom stereocenters. The molecule has 4 heterocycles. The van der Waals surface area contributed by atoms with Gasteiger partial charge in [0.05, 0.1) is 17.4 Å². The van der Waals surface area contributed by atoms with Crippen molar-refractivity contribution in [1.29, 1.82) is 0 Å². The molecule has 0 unspecified atom stereocenters. The van der Waals surface area contributed by atoms with Crippen LogP contribution < -0.4 is 15.8 Å². The van der Waals surface area contributed by atoms with Crippen LogP contribution in [0.15, 0.2) is 41.5 Å². The Morgan fingerprint density at radius 1 is 1.13 bits per heavy atom. The van der Waals surface area contributed by atoms with Crippen LogP contribution in [0.1, 0.15) is 25.3 Å². The fourth-order valence-corrected chi connectivity index (χ4v) is 4.19. The van der Waals surface area contributed by atoms with Crippen LogP contribution in [0.4, 0.5) is 17.3 Å². The van der Waals surface area contributed by atoms with Crippen molar-refractivity contribution in [3.8, 4) is 0 Å². The molecule has 0 amide bonds. The highest BCUT2D eigenvalue weighted by atomic mass is 16.1. The highest BCUT2D eigenvalue weighted by molar-refractivity contribution is 5.81. The van der Waals surface area contributed by atoms with Crippen LogP contribution in [0.5, 0.6) is 0 Å². The maximum Gasteiger partial charge on any atom is 0.253 e. The normalized spacial score (nSPS) is 15.5. The molecule has 3 aromatic rings. The Balaban J connectivity index is 1.52. The minimum Gasteiger partial charge on any atom is -0.370 e. The predicted octanol–water partition coefficient (Wildman–Crippen LogP) is 3.39. The molecule has 0 aromatic carbocycles. The van der Waals surface area contributed by atoms with Crippen molar-refractivity contribution < 1.29 is 0 Å². The van der Waals surface area contributed by atoms with Gasteiger partial charge in [-0.05, 0) is 65.0 Å². The molecule has 1 fully saturated rings. The second-order valence-electron chi connectivity index (χ2n) is 8.18. The summed E-state index contributed by atoms with van der Waals surface area (Å²) in [6, 6.07) is 8.44. The van der Waals surface area contributed by atoms with Crippen molar-refractivity contribution in [3.63, 3.8) is 0 Å². The number of hydrogen-bond acceptors (Lipinski definition) is 6. The second kappa shape index (κ2) is 8.44. The fraction of sp³-hybridized carbons (Fsp3) is 0.435. The topological polar surface area (TPSA) is 66.3 Å². The Hall–Kier alpha value is -2.93. The number of aryl methyl sites for hydroxylation is 2. The van der Waals surface area contributed by atoms with Gasteiger partial charge in [-0.25, -0.2) is 9.97 Å². The van der Waals surface area contributed by atoms with Gasteiger partial charge in [0.1, 0.15) is 11.6 Å². The molecule has 1 aliphatic rings. The zero-order chi connectivity index (χ0) is 21.3. The summed E-state index contributed by atoms with van der Waals surface area (Å²) in [5.74, 6) is 1.41. The van der Waals surface area contributed by atoms with E-state index in [1.54, 1.807) is 10.8 Å². The molecule has 0 radical (unpaired) electrons. The average molecular weight is 407 g/mol. The van der Waals surface area contributed by atoms with E-state index < -0.39 is 0 Å². The highest BCUT2D eigenvalue weighted by Crippen LogP contribution is 2.24. The molecule has 0 aliphatic carbocycles. The van der Waals surface area contributed by atoms with Crippen LogP contribution in [-0.2, 0) is 6.54 Å². The summed E-state index contributed by atoms with van der Waals surface area (Å²) < 4.78 is 1.78. The fourth-order valence-electron chi connectivity index (χ4n) is 4.19. The lowest BCUT2D eigenvalue weighted by molar-refractivity contribution is 0.253. The summed E-state index contributed by atoms with van der Waals surface area (Å²) in [5, 5.41) is 4.23. The molecule has 0 saturated carbocycles. The zero-order valence-electron chi connectivity index (χ0n) is 18.2. The van der Waals surface area contributed by atoms with Crippen LogP contribution in [0, 0.1) is 6.92 Å².